The molecule has 1 saturated heterocycles. The number of amides is 1. The molecule has 3 heteroatoms. The second-order valence-corrected chi connectivity index (χ2v) is 4.56. The van der Waals surface area contributed by atoms with Gasteiger partial charge in [0.1, 0.15) is 0 Å². The fraction of sp³-hybridized carbons (Fsp3) is 0.875. The Morgan fingerprint density at radius 1 is 1.64 bits per heavy atom. The van der Waals surface area contributed by atoms with Gasteiger partial charge in [-0.2, -0.15) is 0 Å². The molecule has 0 aromatic heterocycles. The minimum atomic E-state index is 0.318. The lowest BCUT2D eigenvalue weighted by molar-refractivity contribution is -0.135. The first-order valence-electron chi connectivity index (χ1n) is 3.89. The predicted octanol–water partition coefficient (Wildman–Crippen LogP) is 2.03. The summed E-state index contributed by atoms with van der Waals surface area (Å²) in [4.78, 5) is 13.2. The highest BCUT2D eigenvalue weighted by molar-refractivity contribution is 14.1. The molecule has 1 heterocycles. The van der Waals surface area contributed by atoms with Crippen molar-refractivity contribution in [3.8, 4) is 0 Å². The highest BCUT2D eigenvalue weighted by Gasteiger charge is 2.30. The Morgan fingerprint density at radius 2 is 2.27 bits per heavy atom. The summed E-state index contributed by atoms with van der Waals surface area (Å²) in [5, 5.41) is 0. The van der Waals surface area contributed by atoms with Crippen molar-refractivity contribution in [2.75, 3.05) is 11.1 Å². The van der Waals surface area contributed by atoms with Crippen LogP contribution in [0.15, 0.2) is 0 Å². The molecule has 1 rings (SSSR count). The third-order valence-electron chi connectivity index (χ3n) is 2.13. The third kappa shape index (κ3) is 2.32. The Bertz CT molecular complexity index is 167. The van der Waals surface area contributed by atoms with Crippen LogP contribution in [0, 0.1) is 5.41 Å². The van der Waals surface area contributed by atoms with Crippen molar-refractivity contribution in [2.45, 2.75) is 26.7 Å². The van der Waals surface area contributed by atoms with Crippen LogP contribution in [0.5, 0.6) is 0 Å². The minimum Gasteiger partial charge on any atom is -0.333 e. The summed E-state index contributed by atoms with van der Waals surface area (Å²) in [5.41, 5.74) is 0.332. The van der Waals surface area contributed by atoms with Gasteiger partial charge in [-0.05, 0) is 11.8 Å². The molecule has 0 saturated carbocycles. The van der Waals surface area contributed by atoms with Gasteiger partial charge in [0.2, 0.25) is 5.91 Å². The summed E-state index contributed by atoms with van der Waals surface area (Å²) >= 11 is 2.24. The zero-order valence-electron chi connectivity index (χ0n) is 7.06. The molecule has 0 radical (unpaired) electrons. The molecule has 0 aliphatic carbocycles. The first-order valence-corrected chi connectivity index (χ1v) is 5.41. The highest BCUT2D eigenvalue weighted by Crippen LogP contribution is 2.29. The molecular formula is C8H14INO. The van der Waals surface area contributed by atoms with E-state index in [1.54, 1.807) is 0 Å². The van der Waals surface area contributed by atoms with E-state index < -0.39 is 0 Å². The number of halogens is 1. The van der Waals surface area contributed by atoms with Gasteiger partial charge in [-0.25, -0.2) is 0 Å². The lowest BCUT2D eigenvalue weighted by Gasteiger charge is -2.36. The van der Waals surface area contributed by atoms with Crippen LogP contribution < -0.4 is 0 Å². The Labute approximate surface area is 81.5 Å². The summed E-state index contributed by atoms with van der Waals surface area (Å²) in [6, 6.07) is 0. The number of hydrogen-bond acceptors (Lipinski definition) is 1. The van der Waals surface area contributed by atoms with Gasteiger partial charge < -0.3 is 4.90 Å². The molecule has 1 amide bonds. The topological polar surface area (TPSA) is 20.3 Å². The minimum absolute atomic E-state index is 0.318. The second kappa shape index (κ2) is 3.29. The van der Waals surface area contributed by atoms with Crippen molar-refractivity contribution < 1.29 is 4.79 Å². The summed E-state index contributed by atoms with van der Waals surface area (Å²) in [6.07, 6.45) is 1.77. The van der Waals surface area contributed by atoms with Crippen LogP contribution in [0.4, 0.5) is 0 Å². The maximum atomic E-state index is 11.2. The fourth-order valence-electron chi connectivity index (χ4n) is 1.40. The molecule has 0 aromatic rings. The maximum Gasteiger partial charge on any atom is 0.223 e. The van der Waals surface area contributed by atoms with E-state index in [0.29, 0.717) is 11.3 Å². The van der Waals surface area contributed by atoms with Crippen molar-refractivity contribution >= 4 is 28.5 Å². The average Bonchev–Trinajstić information content (AvgIpc) is 1.94. The maximum absolute atomic E-state index is 11.2. The van der Waals surface area contributed by atoms with Crippen molar-refractivity contribution in [2.24, 2.45) is 5.41 Å². The number of likely N-dealkylation sites (tertiary alicyclic amines) is 1. The fourth-order valence-corrected chi connectivity index (χ4v) is 2.02. The van der Waals surface area contributed by atoms with Gasteiger partial charge in [-0.15, -0.1) is 0 Å². The van der Waals surface area contributed by atoms with E-state index in [0.717, 1.165) is 23.9 Å². The van der Waals surface area contributed by atoms with Gasteiger partial charge in [-0.3, -0.25) is 4.79 Å². The Balaban J connectivity index is 2.58. The number of alkyl halides is 1. The molecule has 64 valence electrons. The molecule has 1 aliphatic heterocycles. The lowest BCUT2D eigenvalue weighted by atomic mass is 9.84. The van der Waals surface area contributed by atoms with Crippen molar-refractivity contribution in [3.05, 3.63) is 0 Å². The summed E-state index contributed by atoms with van der Waals surface area (Å²) < 4.78 is 0.833. The Morgan fingerprint density at radius 3 is 2.73 bits per heavy atom. The molecule has 1 fully saturated rings. The Hall–Kier alpha value is 0.200. The molecule has 0 bridgehead atoms. The number of carbonyl (C=O) groups excluding carboxylic acids is 1. The largest absolute Gasteiger partial charge is 0.333 e. The smallest absolute Gasteiger partial charge is 0.223 e. The van der Waals surface area contributed by atoms with E-state index in [-0.39, 0.29) is 0 Å². The molecule has 0 aromatic carbocycles. The first kappa shape index (κ1) is 9.29. The van der Waals surface area contributed by atoms with E-state index >= 15 is 0 Å². The van der Waals surface area contributed by atoms with E-state index in [1.165, 1.54) is 0 Å². The standard InChI is InChI=1S/C8H14INO/c1-8(2)4-3-7(11)10(5-8)6-9/h3-6H2,1-2H3. The molecule has 2 nitrogen and oxygen atoms in total. The first-order chi connectivity index (χ1) is 5.05. The Kier molecular flexibility index (Phi) is 2.78. The van der Waals surface area contributed by atoms with Gasteiger partial charge in [-0.1, -0.05) is 36.4 Å². The normalized spacial score (nSPS) is 23.9. The van der Waals surface area contributed by atoms with E-state index in [1.807, 2.05) is 4.90 Å². The van der Waals surface area contributed by atoms with Crippen molar-refractivity contribution in [1.82, 2.24) is 4.90 Å². The highest BCUT2D eigenvalue weighted by atomic mass is 127. The van der Waals surface area contributed by atoms with Crippen LogP contribution in [-0.2, 0) is 4.79 Å². The number of piperidine rings is 1. The van der Waals surface area contributed by atoms with Crippen molar-refractivity contribution in [3.63, 3.8) is 0 Å². The van der Waals surface area contributed by atoms with Gasteiger partial charge in [0.25, 0.3) is 0 Å². The molecule has 0 atom stereocenters. The zero-order chi connectivity index (χ0) is 8.48. The van der Waals surface area contributed by atoms with Crippen LogP contribution in [0.2, 0.25) is 0 Å². The number of hydrogen-bond donors (Lipinski definition) is 0. The number of rotatable bonds is 1. The second-order valence-electron chi connectivity index (χ2n) is 3.88. The molecule has 0 spiro atoms. The van der Waals surface area contributed by atoms with Gasteiger partial charge >= 0.3 is 0 Å². The monoisotopic (exact) mass is 267 g/mol. The molecular weight excluding hydrogens is 253 g/mol. The van der Waals surface area contributed by atoms with E-state index in [4.69, 9.17) is 0 Å². The molecule has 11 heavy (non-hydrogen) atoms. The quantitative estimate of drug-likeness (QED) is 0.404. The summed E-state index contributed by atoms with van der Waals surface area (Å²) in [7, 11) is 0. The predicted molar refractivity (Wildman–Crippen MR) is 53.6 cm³/mol. The van der Waals surface area contributed by atoms with E-state index in [9.17, 15) is 4.79 Å². The van der Waals surface area contributed by atoms with Gasteiger partial charge in [0, 0.05) is 13.0 Å². The number of carbonyl (C=O) groups is 1. The molecule has 0 N–H and O–H groups in total. The van der Waals surface area contributed by atoms with Crippen molar-refractivity contribution in [1.29, 1.82) is 0 Å². The van der Waals surface area contributed by atoms with Crippen LogP contribution in [-0.4, -0.2) is 21.9 Å². The van der Waals surface area contributed by atoms with Crippen LogP contribution in [0.25, 0.3) is 0 Å². The molecule has 0 unspecified atom stereocenters. The van der Waals surface area contributed by atoms with Crippen LogP contribution >= 0.6 is 22.6 Å². The number of nitrogens with zero attached hydrogens (tertiary/aromatic N) is 1. The summed E-state index contributed by atoms with van der Waals surface area (Å²) in [5.74, 6) is 0.318. The van der Waals surface area contributed by atoms with E-state index in [2.05, 4.69) is 36.4 Å². The average molecular weight is 267 g/mol. The third-order valence-corrected chi connectivity index (χ3v) is 2.96. The van der Waals surface area contributed by atoms with Gasteiger partial charge in [0.05, 0.1) is 4.55 Å². The zero-order valence-corrected chi connectivity index (χ0v) is 9.22. The van der Waals surface area contributed by atoms with Crippen LogP contribution in [0.3, 0.4) is 0 Å². The summed E-state index contributed by atoms with van der Waals surface area (Å²) in [6.45, 7) is 5.37. The van der Waals surface area contributed by atoms with Crippen LogP contribution in [0.1, 0.15) is 26.7 Å². The SMILES string of the molecule is CC1(C)CCC(=O)N(CI)C1. The van der Waals surface area contributed by atoms with Gasteiger partial charge in [0.15, 0.2) is 0 Å². The lowest BCUT2D eigenvalue weighted by Crippen LogP contribution is -2.42. The molecule has 1 aliphatic rings.